The largest absolute Gasteiger partial charge is 0.344 e. The predicted molar refractivity (Wildman–Crippen MR) is 70.4 cm³/mol. The van der Waals surface area contributed by atoms with Gasteiger partial charge in [0, 0.05) is 6.42 Å². The molecule has 1 aliphatic carbocycles. The summed E-state index contributed by atoms with van der Waals surface area (Å²) in [6, 6.07) is 8.56. The molecule has 4 nitrogen and oxygen atoms in total. The first kappa shape index (κ1) is 12.8. The summed E-state index contributed by atoms with van der Waals surface area (Å²) < 4.78 is 36.0. The van der Waals surface area contributed by atoms with E-state index in [4.69, 9.17) is 9.47 Å². The van der Waals surface area contributed by atoms with Gasteiger partial charge in [0.05, 0.1) is 23.4 Å². The van der Waals surface area contributed by atoms with Gasteiger partial charge in [0.25, 0.3) is 0 Å². The molecule has 102 valence electrons. The maximum atomic E-state index is 12.5. The van der Waals surface area contributed by atoms with Gasteiger partial charge in [0.2, 0.25) is 0 Å². The summed E-state index contributed by atoms with van der Waals surface area (Å²) in [5.74, 6) is -0.678. The van der Waals surface area contributed by atoms with E-state index in [1.54, 1.807) is 36.4 Å². The van der Waals surface area contributed by atoms with Crippen molar-refractivity contribution in [1.82, 2.24) is 0 Å². The monoisotopic (exact) mass is 280 g/mol. The van der Waals surface area contributed by atoms with Crippen LogP contribution in [0.4, 0.5) is 0 Å². The van der Waals surface area contributed by atoms with Crippen molar-refractivity contribution < 1.29 is 17.9 Å². The molecule has 0 aromatic heterocycles. The highest BCUT2D eigenvalue weighted by atomic mass is 32.2. The van der Waals surface area contributed by atoms with Crippen LogP contribution in [0.15, 0.2) is 47.4 Å². The molecule has 19 heavy (non-hydrogen) atoms. The minimum atomic E-state index is -3.31. The molecule has 1 saturated heterocycles. The van der Waals surface area contributed by atoms with Crippen molar-refractivity contribution >= 4 is 9.84 Å². The summed E-state index contributed by atoms with van der Waals surface area (Å²) in [6.07, 6.45) is 4.57. The minimum absolute atomic E-state index is 0.369. The van der Waals surface area contributed by atoms with Crippen molar-refractivity contribution in [2.45, 2.75) is 28.8 Å². The Labute approximate surface area is 113 Å². The predicted octanol–water partition coefficient (Wildman–Crippen LogP) is 1.92. The van der Waals surface area contributed by atoms with Gasteiger partial charge in [0.1, 0.15) is 0 Å². The lowest BCUT2D eigenvalue weighted by atomic mass is 10.0. The molecule has 2 aliphatic rings. The van der Waals surface area contributed by atoms with E-state index >= 15 is 0 Å². The molecule has 0 amide bonds. The zero-order chi connectivity index (χ0) is 13.3. The van der Waals surface area contributed by atoms with Gasteiger partial charge >= 0.3 is 0 Å². The number of hydrogen-bond donors (Lipinski definition) is 0. The molecule has 1 aliphatic heterocycles. The van der Waals surface area contributed by atoms with Gasteiger partial charge in [-0.15, -0.1) is 0 Å². The molecule has 1 fully saturated rings. The van der Waals surface area contributed by atoms with Gasteiger partial charge in [-0.25, -0.2) is 8.42 Å². The third-order valence-electron chi connectivity index (χ3n) is 3.59. The molecule has 0 saturated carbocycles. The second-order valence-corrected chi connectivity index (χ2v) is 6.97. The average molecular weight is 280 g/mol. The molecule has 1 heterocycles. The van der Waals surface area contributed by atoms with E-state index in [-0.39, 0.29) is 0 Å². The first-order valence-corrected chi connectivity index (χ1v) is 7.93. The lowest BCUT2D eigenvalue weighted by molar-refractivity contribution is -0.124. The zero-order valence-electron chi connectivity index (χ0n) is 10.5. The van der Waals surface area contributed by atoms with Crippen molar-refractivity contribution in [3.05, 3.63) is 42.5 Å². The third-order valence-corrected chi connectivity index (χ3v) is 5.71. The number of ether oxygens (including phenoxy) is 2. The van der Waals surface area contributed by atoms with E-state index in [1.165, 1.54) is 0 Å². The van der Waals surface area contributed by atoms with E-state index in [0.29, 0.717) is 31.0 Å². The van der Waals surface area contributed by atoms with Crippen LogP contribution in [0.2, 0.25) is 0 Å². The first-order chi connectivity index (χ1) is 9.12. The van der Waals surface area contributed by atoms with Gasteiger partial charge in [0.15, 0.2) is 15.6 Å². The van der Waals surface area contributed by atoms with Crippen molar-refractivity contribution in [3.63, 3.8) is 0 Å². The van der Waals surface area contributed by atoms with E-state index in [1.807, 2.05) is 6.07 Å². The van der Waals surface area contributed by atoms with Crippen LogP contribution in [-0.4, -0.2) is 32.7 Å². The summed E-state index contributed by atoms with van der Waals surface area (Å²) >= 11 is 0. The second kappa shape index (κ2) is 4.74. The molecule has 3 rings (SSSR count). The first-order valence-electron chi connectivity index (χ1n) is 6.39. The van der Waals surface area contributed by atoms with Crippen LogP contribution in [-0.2, 0) is 19.3 Å². The Kier molecular flexibility index (Phi) is 3.20. The molecule has 1 aromatic rings. The standard InChI is InChI=1S/C14H16O4S/c15-19(16,12-4-2-1-3-5-12)13-6-8-14(9-7-13)17-10-11-18-14/h1-6,8,13H,7,9-11H2. The highest BCUT2D eigenvalue weighted by Gasteiger charge is 2.39. The lowest BCUT2D eigenvalue weighted by Gasteiger charge is -2.29. The van der Waals surface area contributed by atoms with Crippen LogP contribution < -0.4 is 0 Å². The molecular weight excluding hydrogens is 264 g/mol. The summed E-state index contributed by atoms with van der Waals surface area (Å²) in [4.78, 5) is 0.369. The summed E-state index contributed by atoms with van der Waals surface area (Å²) in [5, 5.41) is -0.492. The molecule has 1 atom stereocenters. The van der Waals surface area contributed by atoms with Crippen molar-refractivity contribution in [2.24, 2.45) is 0 Å². The zero-order valence-corrected chi connectivity index (χ0v) is 11.3. The number of rotatable bonds is 2. The van der Waals surface area contributed by atoms with Crippen LogP contribution in [0.3, 0.4) is 0 Å². The average Bonchev–Trinajstić information content (AvgIpc) is 2.89. The molecule has 0 bridgehead atoms. The van der Waals surface area contributed by atoms with E-state index in [9.17, 15) is 8.42 Å². The summed E-state index contributed by atoms with van der Waals surface area (Å²) in [5.41, 5.74) is 0. The van der Waals surface area contributed by atoms with Crippen molar-refractivity contribution in [2.75, 3.05) is 13.2 Å². The maximum Gasteiger partial charge on any atom is 0.188 e. The van der Waals surface area contributed by atoms with Gasteiger partial charge in [-0.3, -0.25) is 0 Å². The fourth-order valence-electron chi connectivity index (χ4n) is 2.53. The quantitative estimate of drug-likeness (QED) is 0.777. The van der Waals surface area contributed by atoms with Crippen molar-refractivity contribution in [3.8, 4) is 0 Å². The number of benzene rings is 1. The van der Waals surface area contributed by atoms with Crippen molar-refractivity contribution in [1.29, 1.82) is 0 Å². The van der Waals surface area contributed by atoms with Crippen LogP contribution >= 0.6 is 0 Å². The van der Waals surface area contributed by atoms with E-state index in [0.717, 1.165) is 0 Å². The molecular formula is C14H16O4S. The van der Waals surface area contributed by atoms with E-state index in [2.05, 4.69) is 0 Å². The smallest absolute Gasteiger partial charge is 0.188 e. The fourth-order valence-corrected chi connectivity index (χ4v) is 4.13. The Balaban J connectivity index is 1.85. The highest BCUT2D eigenvalue weighted by Crippen LogP contribution is 2.34. The highest BCUT2D eigenvalue weighted by molar-refractivity contribution is 7.92. The van der Waals surface area contributed by atoms with Crippen LogP contribution in [0.25, 0.3) is 0 Å². The van der Waals surface area contributed by atoms with Crippen LogP contribution in [0, 0.1) is 0 Å². The van der Waals surface area contributed by atoms with Gasteiger partial charge < -0.3 is 9.47 Å². The Morgan fingerprint density at radius 2 is 1.79 bits per heavy atom. The Morgan fingerprint density at radius 3 is 2.37 bits per heavy atom. The molecule has 1 spiro atoms. The SMILES string of the molecule is O=S(=O)(c1ccccc1)C1C=CC2(CC1)OCCO2. The normalized spacial score (nSPS) is 25.8. The molecule has 0 N–H and O–H groups in total. The fraction of sp³-hybridized carbons (Fsp3) is 0.429. The third kappa shape index (κ3) is 2.33. The summed E-state index contributed by atoms with van der Waals surface area (Å²) in [6.45, 7) is 1.14. The minimum Gasteiger partial charge on any atom is -0.344 e. The van der Waals surface area contributed by atoms with Crippen LogP contribution in [0.5, 0.6) is 0 Å². The van der Waals surface area contributed by atoms with Gasteiger partial charge in [-0.1, -0.05) is 24.3 Å². The van der Waals surface area contributed by atoms with Crippen LogP contribution in [0.1, 0.15) is 12.8 Å². The van der Waals surface area contributed by atoms with Gasteiger partial charge in [-0.2, -0.15) is 0 Å². The number of hydrogen-bond acceptors (Lipinski definition) is 4. The topological polar surface area (TPSA) is 52.6 Å². The Morgan fingerprint density at radius 1 is 1.11 bits per heavy atom. The van der Waals surface area contributed by atoms with Gasteiger partial charge in [-0.05, 0) is 24.6 Å². The molecule has 1 aromatic carbocycles. The van der Waals surface area contributed by atoms with E-state index < -0.39 is 20.9 Å². The lowest BCUT2D eigenvalue weighted by Crippen LogP contribution is -2.35. The Hall–Kier alpha value is -1.17. The second-order valence-electron chi connectivity index (χ2n) is 4.80. The number of sulfone groups is 1. The molecule has 0 radical (unpaired) electrons. The Bertz CT molecular complexity index is 571. The maximum absolute atomic E-state index is 12.5. The molecule has 1 unspecified atom stereocenters. The summed E-state index contributed by atoms with van der Waals surface area (Å²) in [7, 11) is -3.31. The molecule has 5 heteroatoms.